The standard InChI is InChI=1S/C20H21N5O3S/c1-3-4-11-25-19(14-7-9-15(26-2)10-8-14)22-23-20(25)29-13-17-21-18(24-28-17)16-6-5-12-27-16/h5-10,12H,3-4,11,13H2,1-2H3. The Bertz CT molecular complexity index is 1040. The van der Waals surface area contributed by atoms with Gasteiger partial charge < -0.3 is 18.2 Å². The van der Waals surface area contributed by atoms with Crippen LogP contribution >= 0.6 is 11.8 Å². The molecule has 3 heterocycles. The Morgan fingerprint density at radius 3 is 2.72 bits per heavy atom. The van der Waals surface area contributed by atoms with Gasteiger partial charge in [0.1, 0.15) is 5.75 Å². The monoisotopic (exact) mass is 411 g/mol. The predicted octanol–water partition coefficient (Wildman–Crippen LogP) is 4.69. The number of rotatable bonds is 9. The summed E-state index contributed by atoms with van der Waals surface area (Å²) in [4.78, 5) is 4.38. The van der Waals surface area contributed by atoms with Crippen molar-refractivity contribution < 1.29 is 13.7 Å². The second-order valence-corrected chi connectivity index (χ2v) is 7.26. The third-order valence-electron chi connectivity index (χ3n) is 4.33. The average Bonchev–Trinajstić information content (AvgIpc) is 3.51. The molecule has 1 aromatic carbocycles. The molecule has 150 valence electrons. The van der Waals surface area contributed by atoms with Gasteiger partial charge in [-0.3, -0.25) is 0 Å². The van der Waals surface area contributed by atoms with Gasteiger partial charge in [0.2, 0.25) is 11.7 Å². The molecule has 3 aromatic heterocycles. The van der Waals surface area contributed by atoms with E-state index < -0.39 is 0 Å². The van der Waals surface area contributed by atoms with Gasteiger partial charge in [-0.05, 0) is 42.8 Å². The fraction of sp³-hybridized carbons (Fsp3) is 0.300. The maximum atomic E-state index is 5.33. The minimum Gasteiger partial charge on any atom is -0.497 e. The van der Waals surface area contributed by atoms with Crippen LogP contribution in [0.15, 0.2) is 56.8 Å². The van der Waals surface area contributed by atoms with Gasteiger partial charge in [-0.2, -0.15) is 4.98 Å². The molecule has 0 N–H and O–H groups in total. The summed E-state index contributed by atoms with van der Waals surface area (Å²) in [6, 6.07) is 11.4. The van der Waals surface area contributed by atoms with E-state index in [1.807, 2.05) is 24.3 Å². The number of hydrogen-bond acceptors (Lipinski definition) is 8. The highest BCUT2D eigenvalue weighted by Crippen LogP contribution is 2.28. The number of hydrogen-bond donors (Lipinski definition) is 0. The van der Waals surface area contributed by atoms with Crippen LogP contribution in [0.25, 0.3) is 23.0 Å². The molecule has 0 saturated carbocycles. The van der Waals surface area contributed by atoms with Crippen molar-refractivity contribution in [2.75, 3.05) is 7.11 Å². The predicted molar refractivity (Wildman–Crippen MR) is 108 cm³/mol. The zero-order valence-corrected chi connectivity index (χ0v) is 17.1. The highest BCUT2D eigenvalue weighted by Gasteiger charge is 2.17. The van der Waals surface area contributed by atoms with E-state index in [2.05, 4.69) is 31.8 Å². The van der Waals surface area contributed by atoms with Gasteiger partial charge >= 0.3 is 0 Å². The van der Waals surface area contributed by atoms with Crippen LogP contribution < -0.4 is 4.74 Å². The number of ether oxygens (including phenoxy) is 1. The third-order valence-corrected chi connectivity index (χ3v) is 5.29. The Morgan fingerprint density at radius 2 is 2.00 bits per heavy atom. The van der Waals surface area contributed by atoms with Gasteiger partial charge in [-0.25, -0.2) is 0 Å². The Kier molecular flexibility index (Phi) is 5.95. The van der Waals surface area contributed by atoms with Crippen molar-refractivity contribution in [3.8, 4) is 28.7 Å². The summed E-state index contributed by atoms with van der Waals surface area (Å²) in [5.41, 5.74) is 0.999. The minimum atomic E-state index is 0.442. The first-order chi connectivity index (χ1) is 14.3. The zero-order chi connectivity index (χ0) is 20.1. The van der Waals surface area contributed by atoms with E-state index in [0.717, 1.165) is 41.7 Å². The zero-order valence-electron chi connectivity index (χ0n) is 16.2. The van der Waals surface area contributed by atoms with E-state index in [4.69, 9.17) is 13.7 Å². The molecule has 0 unspecified atom stereocenters. The van der Waals surface area contributed by atoms with E-state index in [1.165, 1.54) is 11.8 Å². The second kappa shape index (κ2) is 8.95. The molecule has 0 fully saturated rings. The lowest BCUT2D eigenvalue weighted by atomic mass is 10.2. The van der Waals surface area contributed by atoms with Crippen LogP contribution in [0.5, 0.6) is 5.75 Å². The van der Waals surface area contributed by atoms with Crippen molar-refractivity contribution in [2.24, 2.45) is 0 Å². The van der Waals surface area contributed by atoms with Gasteiger partial charge in [-0.15, -0.1) is 10.2 Å². The summed E-state index contributed by atoms with van der Waals surface area (Å²) in [6.45, 7) is 3.01. The maximum absolute atomic E-state index is 5.33. The molecule has 0 aliphatic heterocycles. The average molecular weight is 411 g/mol. The van der Waals surface area contributed by atoms with Crippen molar-refractivity contribution >= 4 is 11.8 Å². The number of thioether (sulfide) groups is 1. The van der Waals surface area contributed by atoms with E-state index in [0.29, 0.717) is 23.2 Å². The number of unbranched alkanes of at least 4 members (excludes halogenated alkanes) is 1. The van der Waals surface area contributed by atoms with E-state index in [-0.39, 0.29) is 0 Å². The lowest BCUT2D eigenvalue weighted by molar-refractivity contribution is 0.390. The van der Waals surface area contributed by atoms with Gasteiger partial charge in [0.05, 0.1) is 19.1 Å². The number of aromatic nitrogens is 5. The second-order valence-electron chi connectivity index (χ2n) is 6.32. The van der Waals surface area contributed by atoms with Gasteiger partial charge in [0.25, 0.3) is 0 Å². The van der Waals surface area contributed by atoms with Crippen molar-refractivity contribution in [3.05, 3.63) is 48.6 Å². The number of furan rings is 1. The minimum absolute atomic E-state index is 0.442. The largest absolute Gasteiger partial charge is 0.497 e. The summed E-state index contributed by atoms with van der Waals surface area (Å²) in [5.74, 6) is 3.69. The number of nitrogens with zero attached hydrogens (tertiary/aromatic N) is 5. The molecule has 0 aliphatic rings. The molecule has 9 heteroatoms. The number of methoxy groups -OCH3 is 1. The van der Waals surface area contributed by atoms with Crippen molar-refractivity contribution in [3.63, 3.8) is 0 Å². The van der Waals surface area contributed by atoms with Crippen LogP contribution in [0.1, 0.15) is 25.7 Å². The fourth-order valence-electron chi connectivity index (χ4n) is 2.81. The molecule has 4 rings (SSSR count). The highest BCUT2D eigenvalue weighted by molar-refractivity contribution is 7.98. The van der Waals surface area contributed by atoms with Crippen LogP contribution in [0, 0.1) is 0 Å². The summed E-state index contributed by atoms with van der Waals surface area (Å²) >= 11 is 1.52. The van der Waals surface area contributed by atoms with Crippen LogP contribution in [-0.4, -0.2) is 32.0 Å². The lowest BCUT2D eigenvalue weighted by Crippen LogP contribution is -2.02. The van der Waals surface area contributed by atoms with Crippen LogP contribution in [0.4, 0.5) is 0 Å². The first-order valence-corrected chi connectivity index (χ1v) is 10.3. The quantitative estimate of drug-likeness (QED) is 0.366. The molecule has 8 nitrogen and oxygen atoms in total. The normalized spacial score (nSPS) is 11.1. The summed E-state index contributed by atoms with van der Waals surface area (Å²) in [6.07, 6.45) is 3.70. The van der Waals surface area contributed by atoms with Crippen molar-refractivity contribution in [2.45, 2.75) is 37.2 Å². The molecule has 0 amide bonds. The SMILES string of the molecule is CCCCn1c(SCc2nc(-c3ccco3)no2)nnc1-c1ccc(OC)cc1. The molecule has 0 saturated heterocycles. The molecule has 0 spiro atoms. The number of benzene rings is 1. The Morgan fingerprint density at radius 1 is 1.14 bits per heavy atom. The smallest absolute Gasteiger partial charge is 0.238 e. The maximum Gasteiger partial charge on any atom is 0.238 e. The Hall–Kier alpha value is -3.07. The van der Waals surface area contributed by atoms with Crippen LogP contribution in [-0.2, 0) is 12.3 Å². The molecule has 0 atom stereocenters. The third kappa shape index (κ3) is 4.34. The first kappa shape index (κ1) is 19.3. The summed E-state index contributed by atoms with van der Waals surface area (Å²) in [7, 11) is 1.66. The molecule has 0 bridgehead atoms. The van der Waals surface area contributed by atoms with Crippen LogP contribution in [0.3, 0.4) is 0 Å². The molecular weight excluding hydrogens is 390 g/mol. The molecular formula is C20H21N5O3S. The van der Waals surface area contributed by atoms with E-state index >= 15 is 0 Å². The van der Waals surface area contributed by atoms with Crippen LogP contribution in [0.2, 0.25) is 0 Å². The first-order valence-electron chi connectivity index (χ1n) is 9.35. The molecule has 0 radical (unpaired) electrons. The topological polar surface area (TPSA) is 92.0 Å². The molecule has 29 heavy (non-hydrogen) atoms. The Labute approximate surface area is 172 Å². The van der Waals surface area contributed by atoms with Gasteiger partial charge in [-0.1, -0.05) is 30.3 Å². The van der Waals surface area contributed by atoms with Gasteiger partial charge in [0.15, 0.2) is 16.7 Å². The molecule has 0 aliphatic carbocycles. The Balaban J connectivity index is 1.52. The molecule has 4 aromatic rings. The van der Waals surface area contributed by atoms with E-state index in [9.17, 15) is 0 Å². The highest BCUT2D eigenvalue weighted by atomic mass is 32.2. The fourth-order valence-corrected chi connectivity index (χ4v) is 3.61. The summed E-state index contributed by atoms with van der Waals surface area (Å²) < 4.78 is 18.0. The summed E-state index contributed by atoms with van der Waals surface area (Å²) in [5, 5.41) is 13.6. The van der Waals surface area contributed by atoms with Crippen molar-refractivity contribution in [1.82, 2.24) is 24.9 Å². The van der Waals surface area contributed by atoms with Gasteiger partial charge in [0, 0.05) is 12.1 Å². The van der Waals surface area contributed by atoms with E-state index in [1.54, 1.807) is 25.5 Å². The lowest BCUT2D eigenvalue weighted by Gasteiger charge is -2.09. The van der Waals surface area contributed by atoms with Crippen molar-refractivity contribution in [1.29, 1.82) is 0 Å².